The Morgan fingerprint density at radius 3 is 2.38 bits per heavy atom. The number of carbonyl (C=O) groups is 1. The van der Waals surface area contributed by atoms with Gasteiger partial charge < -0.3 is 20.8 Å². The average molecular weight is 340 g/mol. The van der Waals surface area contributed by atoms with E-state index in [1.54, 1.807) is 24.3 Å². The molecule has 2 rings (SSSR count). The maximum absolute atomic E-state index is 13.0. The number of urea groups is 1. The first kappa shape index (κ1) is 17.6. The van der Waals surface area contributed by atoms with Gasteiger partial charge in [0.15, 0.2) is 0 Å². The Labute approximate surface area is 135 Å². The lowest BCUT2D eigenvalue weighted by Crippen LogP contribution is -2.22. The molecule has 128 valence electrons. The second-order valence-corrected chi connectivity index (χ2v) is 4.94. The van der Waals surface area contributed by atoms with Gasteiger partial charge in [0.2, 0.25) is 0 Å². The van der Waals surface area contributed by atoms with E-state index in [2.05, 4.69) is 10.6 Å². The summed E-state index contributed by atoms with van der Waals surface area (Å²) in [5, 5.41) is 22.8. The molecule has 5 nitrogen and oxygen atoms in total. The Hall–Kier alpha value is -2.74. The predicted molar refractivity (Wildman–Crippen MR) is 83.0 cm³/mol. The molecule has 2 amide bonds. The quantitative estimate of drug-likeness (QED) is 0.642. The lowest BCUT2D eigenvalue weighted by Gasteiger charge is -2.15. The molecule has 0 fully saturated rings. The van der Waals surface area contributed by atoms with E-state index < -0.39 is 29.2 Å². The van der Waals surface area contributed by atoms with E-state index in [1.807, 2.05) is 0 Å². The molecule has 0 aliphatic carbocycles. The highest BCUT2D eigenvalue weighted by Gasteiger charge is 2.34. The molecule has 8 heteroatoms. The lowest BCUT2D eigenvalue weighted by atomic mass is 10.1. The minimum atomic E-state index is -4.73. The highest BCUT2D eigenvalue weighted by molar-refractivity contribution is 6.00. The van der Waals surface area contributed by atoms with E-state index >= 15 is 0 Å². The predicted octanol–water partition coefficient (Wildman–Crippen LogP) is 3.59. The third-order valence-electron chi connectivity index (χ3n) is 3.20. The standard InChI is InChI=1S/C16H15F3N2O3/c17-16(18,19)12-9-11(23)5-6-14(12)21-15(24)20-13-4-2-1-3-10(13)7-8-22/h1-6,9,22-23H,7-8H2,(H2,20,21,24). The van der Waals surface area contributed by atoms with Gasteiger partial charge in [0.25, 0.3) is 0 Å². The molecular formula is C16H15F3N2O3. The van der Waals surface area contributed by atoms with E-state index in [-0.39, 0.29) is 6.61 Å². The summed E-state index contributed by atoms with van der Waals surface area (Å²) in [5.74, 6) is -0.554. The number of para-hydroxylation sites is 1. The van der Waals surface area contributed by atoms with E-state index in [0.29, 0.717) is 23.7 Å². The van der Waals surface area contributed by atoms with Crippen molar-refractivity contribution in [3.05, 3.63) is 53.6 Å². The number of carbonyl (C=O) groups excluding carboxylic acids is 1. The second-order valence-electron chi connectivity index (χ2n) is 4.94. The Kier molecular flexibility index (Phi) is 5.30. The van der Waals surface area contributed by atoms with E-state index in [9.17, 15) is 23.1 Å². The number of halogens is 3. The Balaban J connectivity index is 2.19. The molecular weight excluding hydrogens is 325 g/mol. The summed E-state index contributed by atoms with van der Waals surface area (Å²) in [6.07, 6.45) is -4.43. The number of aliphatic hydroxyl groups excluding tert-OH is 1. The molecule has 0 aliphatic heterocycles. The molecule has 4 N–H and O–H groups in total. The van der Waals surface area contributed by atoms with Gasteiger partial charge in [-0.3, -0.25) is 0 Å². The number of rotatable bonds is 4. The first-order valence-electron chi connectivity index (χ1n) is 6.98. The van der Waals surface area contributed by atoms with Gasteiger partial charge in [-0.2, -0.15) is 13.2 Å². The lowest BCUT2D eigenvalue weighted by molar-refractivity contribution is -0.137. The van der Waals surface area contributed by atoms with Crippen LogP contribution >= 0.6 is 0 Å². The number of hydrogen-bond donors (Lipinski definition) is 4. The van der Waals surface area contributed by atoms with E-state index in [4.69, 9.17) is 5.11 Å². The van der Waals surface area contributed by atoms with Crippen molar-refractivity contribution in [1.82, 2.24) is 0 Å². The van der Waals surface area contributed by atoms with Crippen molar-refractivity contribution >= 4 is 17.4 Å². The number of phenols is 1. The fourth-order valence-electron chi connectivity index (χ4n) is 2.13. The molecule has 0 spiro atoms. The first-order valence-corrected chi connectivity index (χ1v) is 6.98. The van der Waals surface area contributed by atoms with Gasteiger partial charge >= 0.3 is 12.2 Å². The van der Waals surface area contributed by atoms with Gasteiger partial charge in [-0.15, -0.1) is 0 Å². The van der Waals surface area contributed by atoms with Crippen molar-refractivity contribution in [3.63, 3.8) is 0 Å². The van der Waals surface area contributed by atoms with Crippen molar-refractivity contribution in [2.45, 2.75) is 12.6 Å². The Bertz CT molecular complexity index is 733. The third kappa shape index (κ3) is 4.39. The number of aromatic hydroxyl groups is 1. The van der Waals surface area contributed by atoms with Crippen LogP contribution in [0.2, 0.25) is 0 Å². The summed E-state index contributed by atoms with van der Waals surface area (Å²) >= 11 is 0. The van der Waals surface area contributed by atoms with E-state index in [0.717, 1.165) is 12.1 Å². The topological polar surface area (TPSA) is 81.6 Å². The number of nitrogens with one attached hydrogen (secondary N) is 2. The van der Waals surface area contributed by atoms with Gasteiger partial charge in [0.05, 0.1) is 11.3 Å². The number of amides is 2. The number of anilines is 2. The van der Waals surface area contributed by atoms with E-state index in [1.165, 1.54) is 0 Å². The first-order chi connectivity index (χ1) is 11.3. The zero-order chi connectivity index (χ0) is 17.7. The van der Waals surface area contributed by atoms with Crippen LogP contribution in [0.1, 0.15) is 11.1 Å². The minimum absolute atomic E-state index is 0.128. The van der Waals surface area contributed by atoms with Crippen LogP contribution in [0.25, 0.3) is 0 Å². The average Bonchev–Trinajstić information content (AvgIpc) is 2.50. The molecule has 0 bridgehead atoms. The zero-order valence-electron chi connectivity index (χ0n) is 12.4. The van der Waals surface area contributed by atoms with Crippen LogP contribution < -0.4 is 10.6 Å². The molecule has 0 atom stereocenters. The summed E-state index contributed by atoms with van der Waals surface area (Å²) in [6, 6.07) is 8.32. The molecule has 0 aliphatic rings. The largest absolute Gasteiger partial charge is 0.508 e. The monoisotopic (exact) mass is 340 g/mol. The number of hydrogen-bond acceptors (Lipinski definition) is 3. The molecule has 2 aromatic carbocycles. The number of alkyl halides is 3. The molecule has 24 heavy (non-hydrogen) atoms. The Morgan fingerprint density at radius 1 is 1.04 bits per heavy atom. The second kappa shape index (κ2) is 7.22. The summed E-state index contributed by atoms with van der Waals surface area (Å²) in [7, 11) is 0. The van der Waals surface area contributed by atoms with Crippen molar-refractivity contribution in [2.75, 3.05) is 17.2 Å². The summed E-state index contributed by atoms with van der Waals surface area (Å²) in [4.78, 5) is 12.0. The van der Waals surface area contributed by atoms with Gasteiger partial charge in [0, 0.05) is 12.3 Å². The Morgan fingerprint density at radius 2 is 1.71 bits per heavy atom. The highest BCUT2D eigenvalue weighted by atomic mass is 19.4. The van der Waals surface area contributed by atoms with Crippen LogP contribution in [0.3, 0.4) is 0 Å². The summed E-state index contributed by atoms with van der Waals surface area (Å²) in [6.45, 7) is -0.128. The minimum Gasteiger partial charge on any atom is -0.508 e. The van der Waals surface area contributed by atoms with Crippen molar-refractivity contribution < 1.29 is 28.2 Å². The SMILES string of the molecule is O=C(Nc1ccccc1CCO)Nc1ccc(O)cc1C(F)(F)F. The maximum Gasteiger partial charge on any atom is 0.418 e. The zero-order valence-corrected chi connectivity index (χ0v) is 12.4. The fourth-order valence-corrected chi connectivity index (χ4v) is 2.13. The van der Waals surface area contributed by atoms with Gasteiger partial charge in [0.1, 0.15) is 5.75 Å². The molecule has 0 unspecified atom stereocenters. The molecule has 0 heterocycles. The molecule has 0 saturated heterocycles. The molecule has 0 aromatic heterocycles. The van der Waals surface area contributed by atoms with Crippen molar-refractivity contribution in [1.29, 1.82) is 0 Å². The highest BCUT2D eigenvalue weighted by Crippen LogP contribution is 2.36. The third-order valence-corrected chi connectivity index (χ3v) is 3.20. The molecule has 2 aromatic rings. The fraction of sp³-hybridized carbons (Fsp3) is 0.188. The number of benzene rings is 2. The maximum atomic E-state index is 13.0. The van der Waals surface area contributed by atoms with Crippen LogP contribution in [-0.4, -0.2) is 22.9 Å². The van der Waals surface area contributed by atoms with Crippen molar-refractivity contribution in [2.24, 2.45) is 0 Å². The van der Waals surface area contributed by atoms with Crippen LogP contribution in [0.4, 0.5) is 29.3 Å². The smallest absolute Gasteiger partial charge is 0.418 e. The van der Waals surface area contributed by atoms with Gasteiger partial charge in [-0.05, 0) is 36.2 Å². The number of phenolic OH excluding ortho intramolecular Hbond substituents is 1. The van der Waals surface area contributed by atoms with Crippen molar-refractivity contribution in [3.8, 4) is 5.75 Å². The van der Waals surface area contributed by atoms with Gasteiger partial charge in [-0.25, -0.2) is 4.79 Å². The normalized spacial score (nSPS) is 11.2. The summed E-state index contributed by atoms with van der Waals surface area (Å²) in [5.41, 5.74) is -0.591. The van der Waals surface area contributed by atoms with Crippen LogP contribution in [0.15, 0.2) is 42.5 Å². The van der Waals surface area contributed by atoms with Crippen LogP contribution in [0.5, 0.6) is 5.75 Å². The van der Waals surface area contributed by atoms with Crippen LogP contribution in [0, 0.1) is 0 Å². The number of aliphatic hydroxyl groups is 1. The van der Waals surface area contributed by atoms with Crippen LogP contribution in [-0.2, 0) is 12.6 Å². The summed E-state index contributed by atoms with van der Waals surface area (Å²) < 4.78 is 38.9. The van der Waals surface area contributed by atoms with Gasteiger partial charge in [-0.1, -0.05) is 18.2 Å². The molecule has 0 saturated carbocycles. The molecule has 0 radical (unpaired) electrons.